The van der Waals surface area contributed by atoms with Gasteiger partial charge in [-0.05, 0) is 29.7 Å². The number of rotatable bonds is 3. The fourth-order valence-electron chi connectivity index (χ4n) is 1.24. The van der Waals surface area contributed by atoms with Crippen molar-refractivity contribution in [3.63, 3.8) is 0 Å². The Kier molecular flexibility index (Phi) is 4.11. The van der Waals surface area contributed by atoms with Crippen LogP contribution in [0.2, 0.25) is 10.0 Å². The van der Waals surface area contributed by atoms with Gasteiger partial charge in [0.1, 0.15) is 17.2 Å². The maximum absolute atomic E-state index is 12.5. The third-order valence-corrected chi connectivity index (χ3v) is 3.38. The van der Waals surface area contributed by atoms with Gasteiger partial charge in [0.05, 0.1) is 10.7 Å². The molecule has 0 saturated heterocycles. The second kappa shape index (κ2) is 5.60. The largest absolute Gasteiger partial charge is 0.320 e. The Morgan fingerprint density at radius 2 is 2.22 bits per heavy atom. The van der Waals surface area contributed by atoms with E-state index in [1.807, 2.05) is 0 Å². The second-order valence-corrected chi connectivity index (χ2v) is 4.86. The molecule has 8 heteroatoms. The molecule has 1 N–H and O–H groups in total. The van der Waals surface area contributed by atoms with Gasteiger partial charge in [0, 0.05) is 5.02 Å². The molecule has 2 rings (SSSR count). The molecule has 0 atom stereocenters. The minimum atomic E-state index is -0.840. The summed E-state index contributed by atoms with van der Waals surface area (Å²) in [5.74, 6) is -0.498. The van der Waals surface area contributed by atoms with Crippen LogP contribution in [0, 0.1) is 0 Å². The summed E-state index contributed by atoms with van der Waals surface area (Å²) in [6.45, 7) is -0.840. The first-order valence-corrected chi connectivity index (χ1v) is 6.28. The van der Waals surface area contributed by atoms with Crippen molar-refractivity contribution in [2.45, 2.75) is 6.67 Å². The molecular weight excluding hydrogens is 300 g/mol. The summed E-state index contributed by atoms with van der Waals surface area (Å²) in [6.07, 6.45) is 0. The Morgan fingerprint density at radius 3 is 2.89 bits per heavy atom. The Hall–Kier alpha value is -1.24. The van der Waals surface area contributed by atoms with Gasteiger partial charge in [-0.1, -0.05) is 27.7 Å². The van der Waals surface area contributed by atoms with E-state index in [1.54, 1.807) is 12.1 Å². The number of amides is 1. The van der Waals surface area contributed by atoms with Crippen molar-refractivity contribution in [2.24, 2.45) is 0 Å². The minimum absolute atomic E-state index is 0.0163. The zero-order valence-corrected chi connectivity index (χ0v) is 11.1. The van der Waals surface area contributed by atoms with E-state index in [-0.39, 0.29) is 10.6 Å². The first-order valence-electron chi connectivity index (χ1n) is 4.75. The fraction of sp³-hybridized carbons (Fsp3) is 0.100. The van der Waals surface area contributed by atoms with E-state index in [0.29, 0.717) is 15.7 Å². The first kappa shape index (κ1) is 13.2. The molecule has 94 valence electrons. The lowest BCUT2D eigenvalue weighted by Gasteiger charge is -2.06. The molecule has 1 aromatic heterocycles. The lowest BCUT2D eigenvalue weighted by atomic mass is 10.3. The lowest BCUT2D eigenvalue weighted by Crippen LogP contribution is -2.12. The number of carbonyl (C=O) groups excluding carboxylic acids is 1. The predicted molar refractivity (Wildman–Crippen MR) is 69.1 cm³/mol. The van der Waals surface area contributed by atoms with E-state index in [2.05, 4.69) is 14.9 Å². The number of halogens is 3. The normalized spacial score (nSPS) is 10.4. The summed E-state index contributed by atoms with van der Waals surface area (Å²) < 4.78 is 16.1. The van der Waals surface area contributed by atoms with Gasteiger partial charge in [0.25, 0.3) is 5.91 Å². The molecular formula is C10H6Cl2FN3OS. The van der Waals surface area contributed by atoms with Crippen molar-refractivity contribution in [2.75, 3.05) is 5.32 Å². The molecule has 0 unspecified atom stereocenters. The predicted octanol–water partition coefficient (Wildman–Crippen LogP) is 3.57. The number of aromatic nitrogens is 2. The van der Waals surface area contributed by atoms with E-state index in [1.165, 1.54) is 6.07 Å². The summed E-state index contributed by atoms with van der Waals surface area (Å²) >= 11 is 12.5. The summed E-state index contributed by atoms with van der Waals surface area (Å²) in [5, 5.41) is 6.82. The summed E-state index contributed by atoms with van der Waals surface area (Å²) in [5.41, 5.74) is 0.409. The molecule has 0 aliphatic heterocycles. The van der Waals surface area contributed by atoms with E-state index < -0.39 is 12.6 Å². The van der Waals surface area contributed by atoms with Crippen LogP contribution in [-0.4, -0.2) is 15.5 Å². The smallest absolute Gasteiger partial charge is 0.269 e. The highest BCUT2D eigenvalue weighted by Crippen LogP contribution is 2.26. The number of hydrogen-bond acceptors (Lipinski definition) is 4. The van der Waals surface area contributed by atoms with Crippen LogP contribution >= 0.6 is 34.7 Å². The highest BCUT2D eigenvalue weighted by molar-refractivity contribution is 7.08. The monoisotopic (exact) mass is 305 g/mol. The van der Waals surface area contributed by atoms with E-state index >= 15 is 0 Å². The van der Waals surface area contributed by atoms with Crippen LogP contribution < -0.4 is 5.32 Å². The number of hydrogen-bond donors (Lipinski definition) is 1. The van der Waals surface area contributed by atoms with Crippen LogP contribution in [0.25, 0.3) is 0 Å². The Morgan fingerprint density at radius 1 is 1.44 bits per heavy atom. The van der Waals surface area contributed by atoms with E-state index in [4.69, 9.17) is 23.2 Å². The summed E-state index contributed by atoms with van der Waals surface area (Å²) in [4.78, 5) is 12.0. The standard InChI is InChI=1S/C10H6Cl2FN3OS/c11-5-1-2-7(6(12)3-5)14-10(17)9-8(4-13)15-16-18-9/h1-3H,4H2,(H,14,17). The van der Waals surface area contributed by atoms with E-state index in [0.717, 1.165) is 11.5 Å². The maximum Gasteiger partial charge on any atom is 0.269 e. The Labute approximate surface area is 116 Å². The first-order chi connectivity index (χ1) is 8.61. The van der Waals surface area contributed by atoms with Gasteiger partial charge < -0.3 is 5.32 Å². The SMILES string of the molecule is O=C(Nc1ccc(Cl)cc1Cl)c1snnc1CF. The molecule has 1 aromatic carbocycles. The number of nitrogens with zero attached hydrogens (tertiary/aromatic N) is 2. The molecule has 0 aliphatic carbocycles. The summed E-state index contributed by atoms with van der Waals surface area (Å²) in [7, 11) is 0. The molecule has 18 heavy (non-hydrogen) atoms. The van der Waals surface area contributed by atoms with E-state index in [9.17, 15) is 9.18 Å². The third-order valence-electron chi connectivity index (χ3n) is 2.07. The van der Waals surface area contributed by atoms with Crippen molar-refractivity contribution in [1.82, 2.24) is 9.59 Å². The van der Waals surface area contributed by atoms with Gasteiger partial charge >= 0.3 is 0 Å². The highest BCUT2D eigenvalue weighted by atomic mass is 35.5. The highest BCUT2D eigenvalue weighted by Gasteiger charge is 2.17. The second-order valence-electron chi connectivity index (χ2n) is 3.26. The van der Waals surface area contributed by atoms with Gasteiger partial charge in [0.15, 0.2) is 0 Å². The molecule has 0 aliphatic rings. The van der Waals surface area contributed by atoms with Gasteiger partial charge in [-0.3, -0.25) is 4.79 Å². The van der Waals surface area contributed by atoms with Gasteiger partial charge in [0.2, 0.25) is 0 Å². The van der Waals surface area contributed by atoms with Crippen LogP contribution in [0.1, 0.15) is 15.4 Å². The molecule has 0 radical (unpaired) electrons. The maximum atomic E-state index is 12.5. The van der Waals surface area contributed by atoms with Gasteiger partial charge in [-0.25, -0.2) is 4.39 Å². The molecule has 0 fully saturated rings. The zero-order valence-electron chi connectivity index (χ0n) is 8.78. The minimum Gasteiger partial charge on any atom is -0.320 e. The van der Waals surface area contributed by atoms with Gasteiger partial charge in [-0.15, -0.1) is 5.10 Å². The summed E-state index contributed by atoms with van der Waals surface area (Å²) in [6, 6.07) is 4.65. The fourth-order valence-corrected chi connectivity index (χ4v) is 2.25. The number of nitrogens with one attached hydrogen (secondary N) is 1. The molecule has 0 spiro atoms. The van der Waals surface area contributed by atoms with Crippen LogP contribution in [0.4, 0.5) is 10.1 Å². The quantitative estimate of drug-likeness (QED) is 0.943. The number of anilines is 1. The van der Waals surface area contributed by atoms with Crippen LogP contribution in [0.15, 0.2) is 18.2 Å². The average Bonchev–Trinajstić information content (AvgIpc) is 2.81. The van der Waals surface area contributed by atoms with Crippen molar-refractivity contribution in [3.05, 3.63) is 38.8 Å². The Balaban J connectivity index is 2.21. The topological polar surface area (TPSA) is 54.9 Å². The molecule has 0 bridgehead atoms. The lowest BCUT2D eigenvalue weighted by molar-refractivity contribution is 0.102. The molecule has 0 saturated carbocycles. The van der Waals surface area contributed by atoms with Crippen LogP contribution in [0.5, 0.6) is 0 Å². The van der Waals surface area contributed by atoms with Crippen LogP contribution in [-0.2, 0) is 6.67 Å². The van der Waals surface area contributed by atoms with Crippen molar-refractivity contribution < 1.29 is 9.18 Å². The average molecular weight is 306 g/mol. The number of alkyl halides is 1. The van der Waals surface area contributed by atoms with Crippen molar-refractivity contribution in [1.29, 1.82) is 0 Å². The number of benzene rings is 1. The third kappa shape index (κ3) is 2.77. The molecule has 2 aromatic rings. The number of carbonyl (C=O) groups is 1. The van der Waals surface area contributed by atoms with Gasteiger partial charge in [-0.2, -0.15) is 0 Å². The van der Waals surface area contributed by atoms with Crippen molar-refractivity contribution in [3.8, 4) is 0 Å². The zero-order chi connectivity index (χ0) is 13.1. The Bertz CT molecular complexity index is 590. The molecule has 4 nitrogen and oxygen atoms in total. The molecule has 1 amide bonds. The van der Waals surface area contributed by atoms with Crippen LogP contribution in [0.3, 0.4) is 0 Å². The van der Waals surface area contributed by atoms with Crippen molar-refractivity contribution >= 4 is 46.3 Å². The molecule has 1 heterocycles.